The van der Waals surface area contributed by atoms with Crippen molar-refractivity contribution in [3.63, 3.8) is 0 Å². The van der Waals surface area contributed by atoms with Gasteiger partial charge in [0, 0.05) is 52.4 Å². The van der Waals surface area contributed by atoms with E-state index in [1.54, 1.807) is 32.5 Å². The summed E-state index contributed by atoms with van der Waals surface area (Å²) >= 11 is 12.3. The Morgan fingerprint density at radius 2 is 1.23 bits per heavy atom. The van der Waals surface area contributed by atoms with E-state index in [9.17, 15) is 0 Å². The van der Waals surface area contributed by atoms with Crippen LogP contribution in [0.25, 0.3) is 0 Å². The van der Waals surface area contributed by atoms with Crippen LogP contribution in [-0.4, -0.2) is 45.2 Å². The van der Waals surface area contributed by atoms with Gasteiger partial charge in [0.2, 0.25) is 11.9 Å². The second kappa shape index (κ2) is 14.6. The predicted octanol–water partition coefficient (Wildman–Crippen LogP) is 8.80. The van der Waals surface area contributed by atoms with Crippen molar-refractivity contribution in [2.75, 3.05) is 35.5 Å². The van der Waals surface area contributed by atoms with Gasteiger partial charge >= 0.3 is 0 Å². The molecule has 0 amide bonds. The summed E-state index contributed by atoms with van der Waals surface area (Å²) in [5.41, 5.74) is 3.26. The van der Waals surface area contributed by atoms with E-state index in [1.807, 2.05) is 65.1 Å². The highest BCUT2D eigenvalue weighted by atomic mass is 35.5. The largest absolute Gasteiger partial charge is 0.497 e. The van der Waals surface area contributed by atoms with E-state index in [0.29, 0.717) is 39.2 Å². The first-order valence-electron chi connectivity index (χ1n) is 14.0. The molecule has 0 radical (unpaired) electrons. The maximum Gasteiger partial charge on any atom is 0.225 e. The number of hydrogen-bond acceptors (Lipinski definition) is 10. The number of anilines is 6. The number of aryl methyl sites for hydroxylation is 2. The first kappa shape index (κ1) is 34.5. The summed E-state index contributed by atoms with van der Waals surface area (Å²) in [4.78, 5) is 17.6. The molecule has 0 saturated carbocycles. The van der Waals surface area contributed by atoms with Gasteiger partial charge < -0.3 is 30.7 Å². The van der Waals surface area contributed by atoms with Crippen molar-refractivity contribution in [1.29, 1.82) is 0 Å². The van der Waals surface area contributed by atoms with Crippen LogP contribution in [0.3, 0.4) is 0 Å². The molecule has 0 atom stereocenters. The topological polar surface area (TPSA) is 118 Å². The minimum absolute atomic E-state index is 0.0809. The quantitative estimate of drug-likeness (QED) is 0.149. The van der Waals surface area contributed by atoms with Crippen molar-refractivity contribution < 1.29 is 9.47 Å². The average Bonchev–Trinajstić information content (AvgIpc) is 2.92. The van der Waals surface area contributed by atoms with Gasteiger partial charge in [-0.3, -0.25) is 0 Å². The first-order chi connectivity index (χ1) is 20.6. The van der Waals surface area contributed by atoms with Crippen molar-refractivity contribution in [1.82, 2.24) is 19.9 Å². The molecule has 2 aromatic carbocycles. The minimum atomic E-state index is -0.131. The first-order valence-corrected chi connectivity index (χ1v) is 14.8. The highest BCUT2D eigenvalue weighted by Gasteiger charge is 2.15. The van der Waals surface area contributed by atoms with Gasteiger partial charge in [-0.05, 0) is 73.6 Å². The number of halogens is 2. The number of benzene rings is 2. The van der Waals surface area contributed by atoms with Crippen LogP contribution in [-0.2, 0) is 0 Å². The van der Waals surface area contributed by atoms with Gasteiger partial charge in [0.1, 0.15) is 23.1 Å². The summed E-state index contributed by atoms with van der Waals surface area (Å²) in [6.07, 6.45) is 3.56. The molecule has 0 aliphatic heterocycles. The molecule has 0 unspecified atom stereocenters. The van der Waals surface area contributed by atoms with E-state index in [1.165, 1.54) is 0 Å². The predicted molar refractivity (Wildman–Crippen MR) is 183 cm³/mol. The molecule has 0 spiro atoms. The molecule has 4 rings (SSSR count). The highest BCUT2D eigenvalue weighted by Crippen LogP contribution is 2.36. The number of aromatic nitrogens is 4. The minimum Gasteiger partial charge on any atom is -0.497 e. The van der Waals surface area contributed by atoms with Crippen LogP contribution in [0, 0.1) is 13.8 Å². The Morgan fingerprint density at radius 3 is 1.73 bits per heavy atom. The zero-order valence-electron chi connectivity index (χ0n) is 27.0. The molecule has 12 heteroatoms. The molecule has 0 bridgehead atoms. The smallest absolute Gasteiger partial charge is 0.225 e. The highest BCUT2D eigenvalue weighted by molar-refractivity contribution is 6.37. The third kappa shape index (κ3) is 10.6. The summed E-state index contributed by atoms with van der Waals surface area (Å²) in [5, 5.41) is 14.0. The summed E-state index contributed by atoms with van der Waals surface area (Å²) in [5.74, 6) is 3.95. The lowest BCUT2D eigenvalue weighted by molar-refractivity contribution is 0.415. The van der Waals surface area contributed by atoms with Crippen LogP contribution < -0.4 is 30.7 Å². The number of rotatable bonds is 8. The molecule has 0 aliphatic carbocycles. The number of ether oxygens (including phenoxy) is 2. The van der Waals surface area contributed by atoms with Crippen molar-refractivity contribution in [2.24, 2.45) is 0 Å². The van der Waals surface area contributed by atoms with Gasteiger partial charge in [0.05, 0.1) is 30.0 Å². The summed E-state index contributed by atoms with van der Waals surface area (Å²) in [7, 11) is 3.21. The van der Waals surface area contributed by atoms with E-state index in [-0.39, 0.29) is 11.1 Å². The van der Waals surface area contributed by atoms with E-state index in [2.05, 4.69) is 62.0 Å². The molecule has 4 N–H and O–H groups in total. The lowest BCUT2D eigenvalue weighted by Crippen LogP contribution is -2.27. The Balaban J connectivity index is 0.000000241. The van der Waals surface area contributed by atoms with Crippen molar-refractivity contribution in [3.8, 4) is 11.5 Å². The van der Waals surface area contributed by atoms with E-state index in [4.69, 9.17) is 32.7 Å². The standard InChI is InChI=1S/C16H20Cl2N4O.C16H22N4O/c1-9-8-19-15(22-16(2,3)4)21-14(9)20-12-7-13(23-5)11(18)6-10(12)17;1-11-10-17-15(20-16(2,3)4)19-14(11)18-12-7-6-8-13(9-12)21-5/h6-8H,1-5H3,(H2,19,20,21,22);6-10H,1-5H3,(H2,17,18,19,20). The van der Waals surface area contributed by atoms with E-state index >= 15 is 0 Å². The molecule has 0 saturated heterocycles. The lowest BCUT2D eigenvalue weighted by atomic mass is 10.1. The molecule has 2 aromatic heterocycles. The van der Waals surface area contributed by atoms with Gasteiger partial charge in [-0.25, -0.2) is 9.97 Å². The fourth-order valence-electron chi connectivity index (χ4n) is 3.67. The Kier molecular flexibility index (Phi) is 11.5. The average molecular weight is 642 g/mol. The molecule has 236 valence electrons. The normalized spacial score (nSPS) is 11.2. The fourth-order valence-corrected chi connectivity index (χ4v) is 4.18. The van der Waals surface area contributed by atoms with Gasteiger partial charge in [0.15, 0.2) is 0 Å². The van der Waals surface area contributed by atoms with Gasteiger partial charge in [-0.2, -0.15) is 9.97 Å². The zero-order chi connectivity index (χ0) is 32.7. The van der Waals surface area contributed by atoms with Gasteiger partial charge in [-0.15, -0.1) is 0 Å². The monoisotopic (exact) mass is 640 g/mol. The summed E-state index contributed by atoms with van der Waals surface area (Å²) in [6, 6.07) is 11.1. The third-order valence-corrected chi connectivity index (χ3v) is 6.35. The lowest BCUT2D eigenvalue weighted by Gasteiger charge is -2.21. The number of nitrogens with one attached hydrogen (secondary N) is 4. The van der Waals surface area contributed by atoms with Crippen LogP contribution in [0.1, 0.15) is 52.7 Å². The third-order valence-electron chi connectivity index (χ3n) is 5.74. The van der Waals surface area contributed by atoms with E-state index < -0.39 is 0 Å². The van der Waals surface area contributed by atoms with E-state index in [0.717, 1.165) is 28.4 Å². The molecule has 10 nitrogen and oxygen atoms in total. The molecule has 0 fully saturated rings. The second-order valence-electron chi connectivity index (χ2n) is 12.1. The number of nitrogens with zero attached hydrogens (tertiary/aromatic N) is 4. The maximum absolute atomic E-state index is 6.25. The number of methoxy groups -OCH3 is 2. The Bertz CT molecular complexity index is 1570. The molecule has 2 heterocycles. The molecule has 4 aromatic rings. The Morgan fingerprint density at radius 1 is 0.682 bits per heavy atom. The van der Waals surface area contributed by atoms with Crippen molar-refractivity contribution in [3.05, 3.63) is 70.0 Å². The Labute approximate surface area is 270 Å². The summed E-state index contributed by atoms with van der Waals surface area (Å²) in [6.45, 7) is 16.3. The van der Waals surface area contributed by atoms with Crippen LogP contribution in [0.2, 0.25) is 10.0 Å². The summed E-state index contributed by atoms with van der Waals surface area (Å²) < 4.78 is 10.4. The van der Waals surface area contributed by atoms with Gasteiger partial charge in [-0.1, -0.05) is 29.3 Å². The van der Waals surface area contributed by atoms with Crippen molar-refractivity contribution in [2.45, 2.75) is 66.5 Å². The Hall–Kier alpha value is -4.02. The maximum atomic E-state index is 6.25. The SMILES string of the molecule is COc1cc(Nc2nc(NC(C)(C)C)ncc2C)c(Cl)cc1Cl.COc1cccc(Nc2nc(NC(C)(C)C)ncc2C)c1. The van der Waals surface area contributed by atoms with Gasteiger partial charge in [0.25, 0.3) is 0 Å². The van der Waals surface area contributed by atoms with Crippen LogP contribution in [0.15, 0.2) is 48.8 Å². The van der Waals surface area contributed by atoms with Crippen LogP contribution >= 0.6 is 23.2 Å². The second-order valence-corrected chi connectivity index (χ2v) is 13.0. The molecular weight excluding hydrogens is 599 g/mol. The molecule has 0 aliphatic rings. The molecule has 44 heavy (non-hydrogen) atoms. The fraction of sp³-hybridized carbons (Fsp3) is 0.375. The van der Waals surface area contributed by atoms with Crippen molar-refractivity contribution >= 4 is 58.1 Å². The van der Waals surface area contributed by atoms with Crippen LogP contribution in [0.4, 0.5) is 34.9 Å². The van der Waals surface area contributed by atoms with Crippen LogP contribution in [0.5, 0.6) is 11.5 Å². The zero-order valence-corrected chi connectivity index (χ0v) is 28.5. The molecular formula is C32H42Cl2N8O2. The number of hydrogen-bond donors (Lipinski definition) is 4.